The summed E-state index contributed by atoms with van der Waals surface area (Å²) in [7, 11) is 0. The molecule has 0 radical (unpaired) electrons. The van der Waals surface area contributed by atoms with E-state index in [4.69, 9.17) is 0 Å². The highest BCUT2D eigenvalue weighted by Gasteiger charge is 2.28. The minimum absolute atomic E-state index is 0.733. The van der Waals surface area contributed by atoms with Crippen molar-refractivity contribution in [3.8, 4) is 0 Å². The Morgan fingerprint density at radius 1 is 1.19 bits per heavy atom. The maximum absolute atomic E-state index is 3.55. The summed E-state index contributed by atoms with van der Waals surface area (Å²) in [5, 5.41) is 3.55. The third kappa shape index (κ3) is 2.98. The van der Waals surface area contributed by atoms with E-state index in [9.17, 15) is 0 Å². The van der Waals surface area contributed by atoms with Crippen LogP contribution < -0.4 is 5.32 Å². The number of hydrogen-bond acceptors (Lipinski definition) is 2. The lowest BCUT2D eigenvalue weighted by Gasteiger charge is -2.41. The maximum Gasteiger partial charge on any atom is 0.00926 e. The summed E-state index contributed by atoms with van der Waals surface area (Å²) in [6, 6.07) is 1.54. The largest absolute Gasteiger partial charge is 0.314 e. The SMILES string of the molecule is CC1CC(CN2CCCC(C)C2C)CCN1. The second kappa shape index (κ2) is 5.50. The van der Waals surface area contributed by atoms with Gasteiger partial charge in [-0.15, -0.1) is 0 Å². The fraction of sp³-hybridized carbons (Fsp3) is 1.00. The summed E-state index contributed by atoms with van der Waals surface area (Å²) in [5.74, 6) is 1.83. The third-order valence-electron chi connectivity index (χ3n) is 4.73. The van der Waals surface area contributed by atoms with Crippen molar-refractivity contribution in [2.24, 2.45) is 11.8 Å². The quantitative estimate of drug-likeness (QED) is 0.775. The molecule has 16 heavy (non-hydrogen) atoms. The highest BCUT2D eigenvalue weighted by atomic mass is 15.2. The molecule has 94 valence electrons. The summed E-state index contributed by atoms with van der Waals surface area (Å²) < 4.78 is 0. The van der Waals surface area contributed by atoms with Gasteiger partial charge in [-0.05, 0) is 64.5 Å². The molecule has 2 aliphatic rings. The van der Waals surface area contributed by atoms with E-state index in [0.717, 1.165) is 23.9 Å². The van der Waals surface area contributed by atoms with Gasteiger partial charge in [-0.3, -0.25) is 0 Å². The number of hydrogen-bond donors (Lipinski definition) is 1. The Balaban J connectivity index is 1.83. The summed E-state index contributed by atoms with van der Waals surface area (Å²) in [4.78, 5) is 2.75. The van der Waals surface area contributed by atoms with Gasteiger partial charge in [0.05, 0.1) is 0 Å². The molecule has 0 spiro atoms. The second-order valence-electron chi connectivity index (χ2n) is 6.10. The molecule has 0 bridgehead atoms. The van der Waals surface area contributed by atoms with Gasteiger partial charge in [0.15, 0.2) is 0 Å². The molecule has 2 fully saturated rings. The molecule has 4 atom stereocenters. The van der Waals surface area contributed by atoms with Crippen molar-refractivity contribution >= 4 is 0 Å². The van der Waals surface area contributed by atoms with Crippen molar-refractivity contribution < 1.29 is 0 Å². The topological polar surface area (TPSA) is 15.3 Å². The smallest absolute Gasteiger partial charge is 0.00926 e. The zero-order chi connectivity index (χ0) is 11.5. The van der Waals surface area contributed by atoms with E-state index in [1.54, 1.807) is 0 Å². The summed E-state index contributed by atoms with van der Waals surface area (Å²) >= 11 is 0. The molecule has 2 heterocycles. The van der Waals surface area contributed by atoms with Crippen LogP contribution in [-0.4, -0.2) is 36.6 Å². The molecule has 2 heteroatoms. The van der Waals surface area contributed by atoms with E-state index in [0.29, 0.717) is 0 Å². The first-order chi connectivity index (χ1) is 7.66. The molecular formula is C14H28N2. The van der Waals surface area contributed by atoms with Crippen LogP contribution >= 0.6 is 0 Å². The van der Waals surface area contributed by atoms with Gasteiger partial charge >= 0.3 is 0 Å². The Labute approximate surface area is 101 Å². The van der Waals surface area contributed by atoms with Gasteiger partial charge in [0.2, 0.25) is 0 Å². The van der Waals surface area contributed by atoms with Crippen LogP contribution in [0.4, 0.5) is 0 Å². The minimum atomic E-state index is 0.733. The molecule has 0 aromatic rings. The molecule has 0 aromatic carbocycles. The molecule has 4 unspecified atom stereocenters. The monoisotopic (exact) mass is 224 g/mol. The van der Waals surface area contributed by atoms with E-state index in [2.05, 4.69) is 31.0 Å². The van der Waals surface area contributed by atoms with Gasteiger partial charge in [0.25, 0.3) is 0 Å². The molecule has 2 rings (SSSR count). The Bertz CT molecular complexity index is 217. The van der Waals surface area contributed by atoms with Gasteiger partial charge in [0.1, 0.15) is 0 Å². The van der Waals surface area contributed by atoms with E-state index in [1.165, 1.54) is 45.3 Å². The highest BCUT2D eigenvalue weighted by molar-refractivity contribution is 4.83. The standard InChI is InChI=1S/C14H28N2/c1-11-5-4-8-16(13(11)3)10-14-6-7-15-12(2)9-14/h11-15H,4-10H2,1-3H3. The normalized spacial score (nSPS) is 42.2. The fourth-order valence-corrected chi connectivity index (χ4v) is 3.41. The molecule has 0 aliphatic carbocycles. The first-order valence-corrected chi connectivity index (χ1v) is 7.14. The van der Waals surface area contributed by atoms with Gasteiger partial charge < -0.3 is 10.2 Å². The van der Waals surface area contributed by atoms with E-state index in [-0.39, 0.29) is 0 Å². The molecule has 0 aromatic heterocycles. The fourth-order valence-electron chi connectivity index (χ4n) is 3.41. The van der Waals surface area contributed by atoms with Gasteiger partial charge in [-0.1, -0.05) is 6.92 Å². The number of piperidine rings is 2. The molecule has 0 amide bonds. The number of likely N-dealkylation sites (tertiary alicyclic amines) is 1. The van der Waals surface area contributed by atoms with Crippen LogP contribution in [0.15, 0.2) is 0 Å². The lowest BCUT2D eigenvalue weighted by molar-refractivity contribution is 0.0846. The first-order valence-electron chi connectivity index (χ1n) is 7.14. The van der Waals surface area contributed by atoms with Gasteiger partial charge in [-0.2, -0.15) is 0 Å². The predicted molar refractivity (Wildman–Crippen MR) is 69.6 cm³/mol. The van der Waals surface area contributed by atoms with Crippen molar-refractivity contribution in [3.05, 3.63) is 0 Å². The maximum atomic E-state index is 3.55. The Morgan fingerprint density at radius 3 is 2.75 bits per heavy atom. The molecule has 2 saturated heterocycles. The summed E-state index contributed by atoms with van der Waals surface area (Å²) in [5.41, 5.74) is 0. The molecule has 2 aliphatic heterocycles. The van der Waals surface area contributed by atoms with Crippen LogP contribution in [0.2, 0.25) is 0 Å². The predicted octanol–water partition coefficient (Wildman–Crippen LogP) is 2.49. The lowest BCUT2D eigenvalue weighted by Crippen LogP contribution is -2.47. The number of nitrogens with zero attached hydrogens (tertiary/aromatic N) is 1. The van der Waals surface area contributed by atoms with Crippen LogP contribution in [0.3, 0.4) is 0 Å². The van der Waals surface area contributed by atoms with Crippen molar-refractivity contribution in [2.75, 3.05) is 19.6 Å². The van der Waals surface area contributed by atoms with Crippen LogP contribution in [0.5, 0.6) is 0 Å². The summed E-state index contributed by atoms with van der Waals surface area (Å²) in [6.45, 7) is 11.1. The van der Waals surface area contributed by atoms with E-state index >= 15 is 0 Å². The Morgan fingerprint density at radius 2 is 2.00 bits per heavy atom. The first kappa shape index (κ1) is 12.4. The average Bonchev–Trinajstić information content (AvgIpc) is 2.25. The molecule has 2 nitrogen and oxygen atoms in total. The average molecular weight is 224 g/mol. The van der Waals surface area contributed by atoms with Crippen molar-refractivity contribution in [1.29, 1.82) is 0 Å². The number of nitrogens with one attached hydrogen (secondary N) is 1. The van der Waals surface area contributed by atoms with Crippen LogP contribution in [0.1, 0.15) is 46.5 Å². The Hall–Kier alpha value is -0.0800. The Kier molecular flexibility index (Phi) is 4.26. The zero-order valence-corrected chi connectivity index (χ0v) is 11.2. The third-order valence-corrected chi connectivity index (χ3v) is 4.73. The molecule has 0 saturated carbocycles. The lowest BCUT2D eigenvalue weighted by atomic mass is 9.88. The molecule has 1 N–H and O–H groups in total. The van der Waals surface area contributed by atoms with Crippen molar-refractivity contribution in [1.82, 2.24) is 10.2 Å². The van der Waals surface area contributed by atoms with Crippen molar-refractivity contribution in [2.45, 2.75) is 58.5 Å². The van der Waals surface area contributed by atoms with Crippen LogP contribution in [0.25, 0.3) is 0 Å². The van der Waals surface area contributed by atoms with Gasteiger partial charge in [-0.25, -0.2) is 0 Å². The van der Waals surface area contributed by atoms with Crippen LogP contribution in [-0.2, 0) is 0 Å². The van der Waals surface area contributed by atoms with Crippen molar-refractivity contribution in [3.63, 3.8) is 0 Å². The van der Waals surface area contributed by atoms with Crippen LogP contribution in [0, 0.1) is 11.8 Å². The zero-order valence-electron chi connectivity index (χ0n) is 11.2. The minimum Gasteiger partial charge on any atom is -0.314 e. The van der Waals surface area contributed by atoms with E-state index in [1.807, 2.05) is 0 Å². The second-order valence-corrected chi connectivity index (χ2v) is 6.10. The van der Waals surface area contributed by atoms with E-state index < -0.39 is 0 Å². The molecular weight excluding hydrogens is 196 g/mol. The highest BCUT2D eigenvalue weighted by Crippen LogP contribution is 2.26. The van der Waals surface area contributed by atoms with Gasteiger partial charge in [0, 0.05) is 18.6 Å². The number of rotatable bonds is 2. The summed E-state index contributed by atoms with van der Waals surface area (Å²) in [6.07, 6.45) is 5.59.